The number of fused-ring (bicyclic) bond motifs is 2. The van der Waals surface area contributed by atoms with Crippen molar-refractivity contribution in [2.24, 2.45) is 5.73 Å². The van der Waals surface area contributed by atoms with E-state index in [2.05, 4.69) is 11.9 Å². The highest BCUT2D eigenvalue weighted by Gasteiger charge is 2.59. The summed E-state index contributed by atoms with van der Waals surface area (Å²) in [6.07, 6.45) is -2.14. The van der Waals surface area contributed by atoms with Gasteiger partial charge in [-0.15, -0.1) is 0 Å². The van der Waals surface area contributed by atoms with E-state index in [1.165, 1.54) is 31.4 Å². The van der Waals surface area contributed by atoms with Gasteiger partial charge in [0.2, 0.25) is 0 Å². The number of benzene rings is 3. The number of methoxy groups -OCH3 is 1. The first-order chi connectivity index (χ1) is 28.8. The van der Waals surface area contributed by atoms with E-state index >= 15 is 0 Å². The zero-order valence-electron chi connectivity index (χ0n) is 33.6. The Kier molecular flexibility index (Phi) is 10.9. The molecule has 3 aromatic carbocycles. The van der Waals surface area contributed by atoms with Crippen molar-refractivity contribution in [1.29, 1.82) is 0 Å². The molecular formula is C43H43Cl2N3O13. The van der Waals surface area contributed by atoms with Crippen molar-refractivity contribution in [3.63, 3.8) is 0 Å². The smallest absolute Gasteiger partial charge is 0.341 e. The normalized spacial score (nSPS) is 28.7. The summed E-state index contributed by atoms with van der Waals surface area (Å²) in [6, 6.07) is 7.15. The molecule has 11 rings (SSSR count). The molecule has 61 heavy (non-hydrogen) atoms. The number of nitrogens with zero attached hydrogens (tertiary/aromatic N) is 1. The van der Waals surface area contributed by atoms with Crippen LogP contribution < -0.4 is 25.3 Å². The fraction of sp³-hybridized carbons (Fsp3) is 0.372. The van der Waals surface area contributed by atoms with Crippen LogP contribution in [-0.4, -0.2) is 102 Å². The number of phenols is 1. The van der Waals surface area contributed by atoms with Gasteiger partial charge in [0.15, 0.2) is 47.1 Å². The maximum absolute atomic E-state index is 14.2. The second kappa shape index (κ2) is 15.6. The minimum absolute atomic E-state index is 0.00606. The van der Waals surface area contributed by atoms with Gasteiger partial charge in [0, 0.05) is 34.4 Å². The molecule has 2 aliphatic carbocycles. The Labute approximate surface area is 359 Å². The SMILES string of the molecule is C=C1Oc2cc(OC)cc(C(=O)O[C@@H]3COC(=O)C[C@H](N)c4cc(O)c(c(Cl)c4)O[C@@H]4c5ccc3c(Cl)c5C3=CC=C[C@@]34OC3OC(C)(C)C(N(C)C)C(O)C3O)c2NC1=O. The number of hydrogen-bond donors (Lipinski definition) is 5. The maximum atomic E-state index is 14.2. The number of esters is 2. The fourth-order valence-electron chi connectivity index (χ4n) is 8.71. The number of halogens is 2. The zero-order valence-corrected chi connectivity index (χ0v) is 35.1. The molecule has 8 aliphatic rings. The van der Waals surface area contributed by atoms with E-state index in [1.807, 2.05) is 0 Å². The van der Waals surface area contributed by atoms with Crippen molar-refractivity contribution < 1.29 is 62.9 Å². The predicted octanol–water partition coefficient (Wildman–Crippen LogP) is 5.03. The van der Waals surface area contributed by atoms with Gasteiger partial charge in [0.25, 0.3) is 5.91 Å². The van der Waals surface area contributed by atoms with Gasteiger partial charge < -0.3 is 64.4 Å². The number of aliphatic hydroxyl groups excluding tert-OH is 2. The maximum Gasteiger partial charge on any atom is 0.341 e. The van der Waals surface area contributed by atoms with Crippen LogP contribution in [0.1, 0.15) is 71.1 Å². The average Bonchev–Trinajstić information content (AvgIpc) is 3.71. The van der Waals surface area contributed by atoms with Gasteiger partial charge in [-0.3, -0.25) is 9.59 Å². The first-order valence-corrected chi connectivity index (χ1v) is 19.9. The largest absolute Gasteiger partial charge is 0.504 e. The Morgan fingerprint density at radius 2 is 1.82 bits per heavy atom. The first-order valence-electron chi connectivity index (χ1n) is 19.2. The Balaban J connectivity index is 1.26. The van der Waals surface area contributed by atoms with Gasteiger partial charge in [-0.2, -0.15) is 0 Å². The molecule has 1 amide bonds. The Morgan fingerprint density at radius 1 is 1.08 bits per heavy atom. The molecule has 0 radical (unpaired) electrons. The second-order valence-electron chi connectivity index (χ2n) is 16.0. The van der Waals surface area contributed by atoms with Crippen LogP contribution >= 0.6 is 23.2 Å². The van der Waals surface area contributed by atoms with E-state index in [9.17, 15) is 29.7 Å². The van der Waals surface area contributed by atoms with Gasteiger partial charge in [-0.25, -0.2) is 4.79 Å². The lowest BCUT2D eigenvalue weighted by atomic mass is 9.86. The van der Waals surface area contributed by atoms with Crippen molar-refractivity contribution in [3.8, 4) is 23.0 Å². The molecule has 4 unspecified atom stereocenters. The molecule has 18 heteroatoms. The number of aliphatic hydroxyl groups is 2. The number of ether oxygens (including phenoxy) is 7. The van der Waals surface area contributed by atoms with Crippen LogP contribution in [0.4, 0.5) is 5.69 Å². The lowest BCUT2D eigenvalue weighted by molar-refractivity contribution is -0.329. The summed E-state index contributed by atoms with van der Waals surface area (Å²) >= 11 is 14.1. The van der Waals surface area contributed by atoms with E-state index in [0.717, 1.165) is 0 Å². The van der Waals surface area contributed by atoms with Gasteiger partial charge in [-0.1, -0.05) is 54.1 Å². The lowest BCUT2D eigenvalue weighted by Crippen LogP contribution is -2.67. The Bertz CT molecular complexity index is 2410. The van der Waals surface area contributed by atoms with Crippen LogP contribution in [0.25, 0.3) is 5.57 Å². The number of phenolic OH excluding ortho intramolecular Hbond substituents is 1. The number of aromatic hydroxyl groups is 1. The Hall–Kier alpha value is -5.17. The highest BCUT2D eigenvalue weighted by Crippen LogP contribution is 2.59. The molecule has 1 fully saturated rings. The van der Waals surface area contributed by atoms with Crippen molar-refractivity contribution in [2.75, 3.05) is 33.1 Å². The van der Waals surface area contributed by atoms with Crippen LogP contribution in [0, 0.1) is 0 Å². The summed E-state index contributed by atoms with van der Waals surface area (Å²) < 4.78 is 42.6. The number of rotatable bonds is 6. The molecule has 6 aliphatic heterocycles. The number of nitrogens with two attached hydrogens (primary N) is 1. The predicted molar refractivity (Wildman–Crippen MR) is 219 cm³/mol. The number of anilines is 1. The minimum atomic E-state index is -1.64. The van der Waals surface area contributed by atoms with Gasteiger partial charge in [0.1, 0.15) is 24.6 Å². The summed E-state index contributed by atoms with van der Waals surface area (Å²) in [5.41, 5.74) is 5.25. The van der Waals surface area contributed by atoms with Crippen LogP contribution in [-0.2, 0) is 28.5 Å². The highest BCUT2D eigenvalue weighted by molar-refractivity contribution is 6.34. The molecule has 6 bridgehead atoms. The zero-order chi connectivity index (χ0) is 43.9. The number of carbonyl (C=O) groups is 3. The minimum Gasteiger partial charge on any atom is -0.504 e. The standard InChI is InChI=1S/C43H43Cl2N3O13/c1-18-39(53)47-33-23(14-20(55-6)15-28(33)57-18)40(54)58-29-17-56-30(50)16-26(46)19-12-25(44)36(27(49)13-19)59-38-22-10-9-21(29)32(45)31(22)24-8-7-11-43(24,38)61-41-35(52)34(51)37(48(4)5)42(2,3)60-41/h7-15,26,29,34-35,37-38,41,49,51-52H,1,16-17,46H2,2-6H3,(H,47,53)/t26-,29+,34?,35?,37?,38+,41?,43+/m0/s1. The third-order valence-corrected chi connectivity index (χ3v) is 12.2. The van der Waals surface area contributed by atoms with Gasteiger partial charge >= 0.3 is 11.9 Å². The Morgan fingerprint density at radius 3 is 2.52 bits per heavy atom. The molecule has 6 heterocycles. The molecule has 0 aromatic heterocycles. The van der Waals surface area contributed by atoms with Crippen LogP contribution in [0.15, 0.2) is 67.0 Å². The number of carbonyl (C=O) groups excluding carboxylic acids is 3. The van der Waals surface area contributed by atoms with Crippen molar-refractivity contribution in [2.45, 2.75) is 74.3 Å². The number of allylic oxidation sites excluding steroid dienone is 2. The quantitative estimate of drug-likeness (QED) is 0.162. The van der Waals surface area contributed by atoms with E-state index in [0.29, 0.717) is 16.7 Å². The molecule has 16 nitrogen and oxygen atoms in total. The van der Waals surface area contributed by atoms with Crippen molar-refractivity contribution in [3.05, 3.63) is 105 Å². The molecule has 0 spiro atoms. The summed E-state index contributed by atoms with van der Waals surface area (Å²) in [5.74, 6) is -2.92. The molecule has 322 valence electrons. The van der Waals surface area contributed by atoms with Crippen molar-refractivity contribution >= 4 is 52.3 Å². The molecule has 1 saturated heterocycles. The first kappa shape index (κ1) is 42.5. The van der Waals surface area contributed by atoms with E-state index in [-0.39, 0.29) is 61.9 Å². The summed E-state index contributed by atoms with van der Waals surface area (Å²) in [5, 5.41) is 36.9. The van der Waals surface area contributed by atoms with E-state index in [4.69, 9.17) is 62.1 Å². The van der Waals surface area contributed by atoms with Crippen LogP contribution in [0.2, 0.25) is 10.0 Å². The summed E-state index contributed by atoms with van der Waals surface area (Å²) in [7, 11) is 4.90. The molecule has 8 atom stereocenters. The number of amides is 1. The highest BCUT2D eigenvalue weighted by atomic mass is 35.5. The summed E-state index contributed by atoms with van der Waals surface area (Å²) in [6.45, 7) is 6.58. The van der Waals surface area contributed by atoms with E-state index in [1.54, 1.807) is 63.2 Å². The van der Waals surface area contributed by atoms with Gasteiger partial charge in [-0.05, 0) is 57.8 Å². The second-order valence-corrected chi connectivity index (χ2v) is 16.8. The van der Waals surface area contributed by atoms with Crippen LogP contribution in [0.5, 0.6) is 23.0 Å². The summed E-state index contributed by atoms with van der Waals surface area (Å²) in [4.78, 5) is 41.9. The van der Waals surface area contributed by atoms with Gasteiger partial charge in [0.05, 0.1) is 46.5 Å². The topological polar surface area (TPSA) is 218 Å². The monoisotopic (exact) mass is 879 g/mol. The molecule has 6 N–H and O–H groups in total. The number of hydrogen-bond acceptors (Lipinski definition) is 15. The average molecular weight is 881 g/mol. The molecule has 0 saturated carbocycles. The molecule has 3 aromatic rings. The number of nitrogens with one attached hydrogen (secondary N) is 1. The number of likely N-dealkylation sites (N-methyl/N-ethyl adjacent to an activating group) is 1. The third-order valence-electron chi connectivity index (χ3n) is 11.5. The third kappa shape index (κ3) is 7.20. The fourth-order valence-corrected chi connectivity index (χ4v) is 9.38. The van der Waals surface area contributed by atoms with Crippen molar-refractivity contribution in [1.82, 2.24) is 4.90 Å². The molecular weight excluding hydrogens is 837 g/mol. The van der Waals surface area contributed by atoms with E-state index < -0.39 is 84.2 Å². The van der Waals surface area contributed by atoms with Crippen LogP contribution in [0.3, 0.4) is 0 Å². The lowest BCUT2D eigenvalue weighted by Gasteiger charge is -2.51.